The highest BCUT2D eigenvalue weighted by molar-refractivity contribution is 5.90. The molecule has 1 aromatic heterocycles. The molecule has 3 rings (SSSR count). The molecule has 0 bridgehead atoms. The van der Waals surface area contributed by atoms with Gasteiger partial charge < -0.3 is 10.1 Å². The molecule has 0 aliphatic heterocycles. The Bertz CT molecular complexity index is 925. The Labute approximate surface area is 152 Å². The summed E-state index contributed by atoms with van der Waals surface area (Å²) in [5.41, 5.74) is 1.27. The van der Waals surface area contributed by atoms with Crippen molar-refractivity contribution in [2.24, 2.45) is 0 Å². The van der Waals surface area contributed by atoms with Crippen LogP contribution in [0.25, 0.3) is 5.69 Å². The van der Waals surface area contributed by atoms with Gasteiger partial charge in [0.15, 0.2) is 0 Å². The number of carbonyl (C=O) groups is 1. The zero-order chi connectivity index (χ0) is 19.4. The SMILES string of the molecule is Cc1nc(C(=O)NCc2ccc(OC(F)F)cc2)nn1-c1ccc(F)cc1. The smallest absolute Gasteiger partial charge is 0.387 e. The summed E-state index contributed by atoms with van der Waals surface area (Å²) in [6.45, 7) is -1.05. The molecule has 0 aliphatic carbocycles. The van der Waals surface area contributed by atoms with Gasteiger partial charge in [-0.1, -0.05) is 12.1 Å². The molecule has 9 heteroatoms. The fraction of sp³-hybridized carbons (Fsp3) is 0.167. The van der Waals surface area contributed by atoms with Crippen molar-refractivity contribution in [2.45, 2.75) is 20.1 Å². The van der Waals surface area contributed by atoms with Crippen LogP contribution in [0.2, 0.25) is 0 Å². The fourth-order valence-corrected chi connectivity index (χ4v) is 2.36. The summed E-state index contributed by atoms with van der Waals surface area (Å²) in [4.78, 5) is 16.4. The second-order valence-electron chi connectivity index (χ2n) is 5.58. The molecular formula is C18H15F3N4O2. The summed E-state index contributed by atoms with van der Waals surface area (Å²) in [6.07, 6.45) is 0. The first-order chi connectivity index (χ1) is 12.9. The van der Waals surface area contributed by atoms with Crippen LogP contribution in [0.4, 0.5) is 13.2 Å². The van der Waals surface area contributed by atoms with E-state index in [2.05, 4.69) is 20.1 Å². The molecule has 0 aliphatic rings. The third kappa shape index (κ3) is 4.63. The molecule has 1 heterocycles. The number of aryl methyl sites for hydroxylation is 1. The van der Waals surface area contributed by atoms with Gasteiger partial charge >= 0.3 is 6.61 Å². The largest absolute Gasteiger partial charge is 0.435 e. The maximum absolute atomic E-state index is 13.0. The number of alkyl halides is 2. The van der Waals surface area contributed by atoms with Gasteiger partial charge in [-0.25, -0.2) is 14.1 Å². The van der Waals surface area contributed by atoms with E-state index in [4.69, 9.17) is 0 Å². The standard InChI is InChI=1S/C18H15F3N4O2/c1-11-23-16(24-25(11)14-6-4-13(19)5-7-14)17(26)22-10-12-2-8-15(9-3-12)27-18(20)21/h2-9,18H,10H2,1H3,(H,22,26). The molecule has 0 unspecified atom stereocenters. The Kier molecular flexibility index (Phi) is 5.39. The number of hydrogen-bond acceptors (Lipinski definition) is 4. The summed E-state index contributed by atoms with van der Waals surface area (Å²) in [7, 11) is 0. The second-order valence-corrected chi connectivity index (χ2v) is 5.58. The Morgan fingerprint density at radius 1 is 1.15 bits per heavy atom. The van der Waals surface area contributed by atoms with Crippen LogP contribution < -0.4 is 10.1 Å². The monoisotopic (exact) mass is 376 g/mol. The van der Waals surface area contributed by atoms with Crippen LogP contribution in [0.5, 0.6) is 5.75 Å². The number of carbonyl (C=O) groups excluding carboxylic acids is 1. The minimum Gasteiger partial charge on any atom is -0.435 e. The van der Waals surface area contributed by atoms with Gasteiger partial charge in [-0.15, -0.1) is 5.10 Å². The first-order valence-corrected chi connectivity index (χ1v) is 7.94. The van der Waals surface area contributed by atoms with Crippen LogP contribution in [0, 0.1) is 12.7 Å². The third-order valence-electron chi connectivity index (χ3n) is 3.64. The quantitative estimate of drug-likeness (QED) is 0.717. The van der Waals surface area contributed by atoms with Crippen LogP contribution in [-0.4, -0.2) is 27.3 Å². The number of ether oxygens (including phenoxy) is 1. The van der Waals surface area contributed by atoms with Gasteiger partial charge in [-0.2, -0.15) is 8.78 Å². The van der Waals surface area contributed by atoms with Crippen molar-refractivity contribution in [3.05, 3.63) is 71.6 Å². The Hall–Kier alpha value is -3.36. The van der Waals surface area contributed by atoms with E-state index in [1.165, 1.54) is 41.1 Å². The van der Waals surface area contributed by atoms with Crippen LogP contribution in [0.3, 0.4) is 0 Å². The van der Waals surface area contributed by atoms with Gasteiger partial charge in [-0.3, -0.25) is 4.79 Å². The van der Waals surface area contributed by atoms with Gasteiger partial charge in [0.2, 0.25) is 5.82 Å². The van der Waals surface area contributed by atoms with E-state index in [1.807, 2.05) is 0 Å². The zero-order valence-electron chi connectivity index (χ0n) is 14.2. The van der Waals surface area contributed by atoms with Gasteiger partial charge in [0.1, 0.15) is 17.4 Å². The van der Waals surface area contributed by atoms with E-state index in [-0.39, 0.29) is 23.9 Å². The predicted molar refractivity (Wildman–Crippen MR) is 90.3 cm³/mol. The number of nitrogens with one attached hydrogen (secondary N) is 1. The maximum atomic E-state index is 13.0. The van der Waals surface area contributed by atoms with E-state index < -0.39 is 12.5 Å². The first-order valence-electron chi connectivity index (χ1n) is 7.94. The molecule has 27 heavy (non-hydrogen) atoms. The highest BCUT2D eigenvalue weighted by Gasteiger charge is 2.15. The fourth-order valence-electron chi connectivity index (χ4n) is 2.36. The van der Waals surface area contributed by atoms with Crippen molar-refractivity contribution < 1.29 is 22.7 Å². The van der Waals surface area contributed by atoms with Crippen molar-refractivity contribution in [1.82, 2.24) is 20.1 Å². The minimum atomic E-state index is -2.89. The topological polar surface area (TPSA) is 69.0 Å². The van der Waals surface area contributed by atoms with Crippen LogP contribution in [0.1, 0.15) is 22.0 Å². The summed E-state index contributed by atoms with van der Waals surface area (Å²) in [5.74, 6) is -0.392. The van der Waals surface area contributed by atoms with Crippen LogP contribution in [-0.2, 0) is 6.54 Å². The number of halogens is 3. The number of amides is 1. The molecule has 0 fully saturated rings. The maximum Gasteiger partial charge on any atom is 0.387 e. The molecule has 2 aromatic carbocycles. The molecule has 1 N–H and O–H groups in total. The summed E-state index contributed by atoms with van der Waals surface area (Å²) >= 11 is 0. The van der Waals surface area contributed by atoms with Crippen molar-refractivity contribution in [1.29, 1.82) is 0 Å². The normalized spacial score (nSPS) is 10.9. The lowest BCUT2D eigenvalue weighted by atomic mass is 10.2. The molecule has 0 atom stereocenters. The molecule has 0 saturated heterocycles. The molecule has 3 aromatic rings. The summed E-state index contributed by atoms with van der Waals surface area (Å²) < 4.78 is 43.0. The molecule has 140 valence electrons. The van der Waals surface area contributed by atoms with Crippen LogP contribution in [0.15, 0.2) is 48.5 Å². The minimum absolute atomic E-state index is 0.0329. The van der Waals surface area contributed by atoms with E-state index >= 15 is 0 Å². The van der Waals surface area contributed by atoms with Crippen LogP contribution >= 0.6 is 0 Å². The Morgan fingerprint density at radius 3 is 2.44 bits per heavy atom. The number of benzene rings is 2. The van der Waals surface area contributed by atoms with E-state index in [0.29, 0.717) is 17.1 Å². The number of nitrogens with zero attached hydrogens (tertiary/aromatic N) is 3. The molecule has 0 saturated carbocycles. The summed E-state index contributed by atoms with van der Waals surface area (Å²) in [5, 5.41) is 6.79. The van der Waals surface area contributed by atoms with E-state index in [9.17, 15) is 18.0 Å². The molecule has 6 nitrogen and oxygen atoms in total. The van der Waals surface area contributed by atoms with Crippen molar-refractivity contribution in [2.75, 3.05) is 0 Å². The van der Waals surface area contributed by atoms with Gasteiger partial charge in [0.25, 0.3) is 5.91 Å². The number of aromatic nitrogens is 3. The number of rotatable bonds is 6. The second kappa shape index (κ2) is 7.90. The third-order valence-corrected chi connectivity index (χ3v) is 3.64. The Balaban J connectivity index is 1.64. The molecule has 0 radical (unpaired) electrons. The zero-order valence-corrected chi connectivity index (χ0v) is 14.2. The van der Waals surface area contributed by atoms with Gasteiger partial charge in [0, 0.05) is 6.54 Å². The molecule has 0 spiro atoms. The van der Waals surface area contributed by atoms with Crippen molar-refractivity contribution in [3.63, 3.8) is 0 Å². The number of hydrogen-bond donors (Lipinski definition) is 1. The van der Waals surface area contributed by atoms with E-state index in [0.717, 1.165) is 0 Å². The van der Waals surface area contributed by atoms with E-state index in [1.54, 1.807) is 19.1 Å². The first kappa shape index (κ1) is 18.4. The predicted octanol–water partition coefficient (Wildman–Crippen LogP) is 3.25. The average Bonchev–Trinajstić information content (AvgIpc) is 3.03. The van der Waals surface area contributed by atoms with Gasteiger partial charge in [0.05, 0.1) is 5.69 Å². The van der Waals surface area contributed by atoms with Gasteiger partial charge in [-0.05, 0) is 48.9 Å². The van der Waals surface area contributed by atoms with Crippen molar-refractivity contribution in [3.8, 4) is 11.4 Å². The summed E-state index contributed by atoms with van der Waals surface area (Å²) in [6, 6.07) is 11.5. The highest BCUT2D eigenvalue weighted by atomic mass is 19.3. The molecular weight excluding hydrogens is 361 g/mol. The Morgan fingerprint density at radius 2 is 1.81 bits per heavy atom. The molecule has 1 amide bonds. The lowest BCUT2D eigenvalue weighted by Crippen LogP contribution is -2.24. The lowest BCUT2D eigenvalue weighted by molar-refractivity contribution is -0.0498. The lowest BCUT2D eigenvalue weighted by Gasteiger charge is -2.06. The van der Waals surface area contributed by atoms with Crippen molar-refractivity contribution >= 4 is 5.91 Å². The highest BCUT2D eigenvalue weighted by Crippen LogP contribution is 2.15. The average molecular weight is 376 g/mol.